The number of hydrogen-bond acceptors (Lipinski definition) is 15. The summed E-state index contributed by atoms with van der Waals surface area (Å²) < 4.78 is 37.9. The average Bonchev–Trinajstić information content (AvgIpc) is 1.34. The predicted octanol–water partition coefficient (Wildman–Crippen LogP) is 30.3. The summed E-state index contributed by atoms with van der Waals surface area (Å²) in [5, 5.41) is 28.7. The first-order valence-electron chi connectivity index (χ1n) is 43.1. The van der Waals surface area contributed by atoms with Crippen molar-refractivity contribution in [2.75, 3.05) is 42.7 Å². The Kier molecular flexibility index (Phi) is 31.7. The van der Waals surface area contributed by atoms with Crippen LogP contribution in [0.4, 0.5) is 0 Å². The van der Waals surface area contributed by atoms with Gasteiger partial charge in [-0.1, -0.05) is 248 Å². The Bertz CT molecular complexity index is 5970. The fourth-order valence-corrected chi connectivity index (χ4v) is 24.3. The molecule has 15 aromatic rings. The average molecular weight is 1900 g/mol. The van der Waals surface area contributed by atoms with Gasteiger partial charge in [0.1, 0.15) is 34.5 Å². The first-order chi connectivity index (χ1) is 59.9. The van der Waals surface area contributed by atoms with Crippen LogP contribution >= 0.6 is 73.8 Å². The number of halogens is 2. The quantitative estimate of drug-likeness (QED) is 0.0508. The highest BCUT2D eigenvalue weighted by Crippen LogP contribution is 2.58. The number of nitrogens with zero attached hydrogens (tertiary/aromatic N) is 4. The Morgan fingerprint density at radius 3 is 0.953 bits per heavy atom. The van der Waals surface area contributed by atoms with Crippen LogP contribution in [0.15, 0.2) is 225 Å². The van der Waals surface area contributed by atoms with Crippen LogP contribution in [0.1, 0.15) is 184 Å². The molecule has 2 saturated carbocycles. The van der Waals surface area contributed by atoms with Gasteiger partial charge in [-0.15, -0.1) is 22.7 Å². The molecular formula is C108H122BBr2N4O8PS3. The summed E-state index contributed by atoms with van der Waals surface area (Å²) in [5.74, 6) is 5.02. The monoisotopic (exact) mass is 1900 g/mol. The van der Waals surface area contributed by atoms with Crippen LogP contribution in [0.2, 0.25) is 0 Å². The van der Waals surface area contributed by atoms with Crippen LogP contribution in [-0.2, 0) is 21.7 Å². The van der Waals surface area contributed by atoms with Gasteiger partial charge in [-0.2, -0.15) is 11.3 Å². The molecular weight excluding hydrogens is 1780 g/mol. The van der Waals surface area contributed by atoms with Gasteiger partial charge >= 0.3 is 7.12 Å². The van der Waals surface area contributed by atoms with E-state index >= 15 is 0 Å². The zero-order valence-corrected chi connectivity index (χ0v) is 81.7. The summed E-state index contributed by atoms with van der Waals surface area (Å²) in [6.45, 7) is 26.7. The summed E-state index contributed by atoms with van der Waals surface area (Å²) in [7, 11) is 8.95. The zero-order valence-electron chi connectivity index (χ0n) is 75.1. The van der Waals surface area contributed by atoms with Gasteiger partial charge in [0.05, 0.1) is 102 Å². The summed E-state index contributed by atoms with van der Waals surface area (Å²) >= 11 is 12.2. The van der Waals surface area contributed by atoms with E-state index in [-0.39, 0.29) is 44.4 Å². The molecule has 0 radical (unpaired) electrons. The Morgan fingerprint density at radius 2 is 0.654 bits per heavy atom. The van der Waals surface area contributed by atoms with E-state index in [1.54, 1.807) is 88.1 Å². The van der Waals surface area contributed by atoms with Crippen LogP contribution in [0.3, 0.4) is 0 Å². The second kappa shape index (κ2) is 41.6. The lowest BCUT2D eigenvalue weighted by Crippen LogP contribution is -2.27. The molecule has 0 spiro atoms. The van der Waals surface area contributed by atoms with Gasteiger partial charge in [0.25, 0.3) is 0 Å². The fourth-order valence-electron chi connectivity index (χ4n) is 17.0. The zero-order chi connectivity index (χ0) is 88.8. The molecule has 662 valence electrons. The van der Waals surface area contributed by atoms with E-state index in [4.69, 9.17) is 58.4 Å². The SMILES string of the molecule is C.C.COc1c(-c2ccc3ccc4ccc(-c5cc(C(C)(C)C)cc(-c6cccs6)c5OC)nc4c3n2)cc(C(C)(C)C)cc1-c1cccs1.COc1c(Br)cc(C(C)(C)C)cc1-c1ccc2ccc3ccc(-c4cc(C(C)(C)C)cc(Br)c4OC)nc3c2n1.COc1cccc(OC)c1-c1ccccc1P(C1CCCCC1)C1CCCCC1.OB(O)c1cccs1. The second-order valence-corrected chi connectivity index (χ2v) is 43.7. The molecule has 12 nitrogen and oxygen atoms in total. The normalized spacial score (nSPS) is 13.3. The standard InChI is InChI=1S/C42H40N2O2S2.C34H34Br2N2O2.C26H35O2P.C4H5BO2S.2CH4/c1-41(2,3)27-21-29(39(45-7)31(23-27)35-11-9-19-47-35)33-17-15-25-13-14-26-16-18-34(44-38(26)37(25)43-33)30-22-28(42(4,5)6)24-32(40(30)46-8)36-12-10-20-48-36;1-33(2,3)21-15-23(31(39-7)25(35)17-21)27-13-11-19-9-10-20-12-14-28(38-30(20)29(19)37-27)24-16-22(34(4,5)6)18-26(36)32(24)40-8;1-27-23-17-11-18-24(28-2)26(23)22-16-9-10-19-25(22)29(20-12-5-3-6-13-20)21-14-7-4-8-15-21;6-5(7)4-2-1-3-8-4;;/h9-24H,1-8H3;9-18H,1-8H3;9-11,16-21H,3-8,12-15H2,1-2H3;1-3,6-7H;2*1H4. The summed E-state index contributed by atoms with van der Waals surface area (Å²) in [4.78, 5) is 23.4. The third-order valence-electron chi connectivity index (χ3n) is 23.9. The molecule has 0 amide bonds. The number of pyridine rings is 4. The van der Waals surface area contributed by atoms with E-state index in [0.717, 1.165) is 160 Å². The van der Waals surface area contributed by atoms with E-state index in [0.29, 0.717) is 4.78 Å². The summed E-state index contributed by atoms with van der Waals surface area (Å²) in [5.41, 5.74) is 21.7. The Hall–Kier alpha value is -9.33. The third kappa shape index (κ3) is 21.6. The number of methoxy groups -OCH3 is 6. The van der Waals surface area contributed by atoms with Crippen molar-refractivity contribution in [3.63, 3.8) is 0 Å². The minimum absolute atomic E-state index is 0. The second-order valence-electron chi connectivity index (χ2n) is 36.4. The fraction of sp³-hybridized carbons (Fsp3) is 0.333. The molecule has 2 aliphatic carbocycles. The van der Waals surface area contributed by atoms with Crippen LogP contribution < -0.4 is 38.5 Å². The lowest BCUT2D eigenvalue weighted by atomic mass is 9.84. The van der Waals surface area contributed by atoms with Gasteiger partial charge < -0.3 is 38.5 Å². The number of ether oxygens (including phenoxy) is 6. The molecule has 0 saturated heterocycles. The minimum atomic E-state index is -1.30. The molecule has 17 rings (SSSR count). The van der Waals surface area contributed by atoms with Crippen LogP contribution in [-0.4, -0.2) is 91.1 Å². The van der Waals surface area contributed by atoms with Gasteiger partial charge in [-0.05, 0) is 237 Å². The van der Waals surface area contributed by atoms with Gasteiger partial charge in [0.2, 0.25) is 0 Å². The van der Waals surface area contributed by atoms with Crippen molar-refractivity contribution in [3.8, 4) is 112 Å². The predicted molar refractivity (Wildman–Crippen MR) is 552 cm³/mol. The van der Waals surface area contributed by atoms with Crippen molar-refractivity contribution in [2.45, 2.75) is 195 Å². The highest BCUT2D eigenvalue weighted by Gasteiger charge is 2.36. The van der Waals surface area contributed by atoms with Gasteiger partial charge in [-0.3, -0.25) is 0 Å². The maximum atomic E-state index is 8.48. The lowest BCUT2D eigenvalue weighted by Gasteiger charge is -2.39. The number of benzene rings is 8. The van der Waals surface area contributed by atoms with E-state index in [1.807, 2.05) is 6.07 Å². The first-order valence-corrected chi connectivity index (χ1v) is 48.8. The number of aromatic nitrogens is 4. The van der Waals surface area contributed by atoms with Crippen LogP contribution in [0.5, 0.6) is 34.5 Å². The van der Waals surface area contributed by atoms with Crippen molar-refractivity contribution < 1.29 is 38.5 Å². The molecule has 0 bridgehead atoms. The van der Waals surface area contributed by atoms with Gasteiger partial charge in [0.15, 0.2) is 0 Å². The Balaban J connectivity index is 0.000000168. The maximum Gasteiger partial charge on any atom is 0.499 e. The molecule has 19 heteroatoms. The summed E-state index contributed by atoms with van der Waals surface area (Å²) in [6.07, 6.45) is 14.2. The molecule has 2 N–H and O–H groups in total. The summed E-state index contributed by atoms with van der Waals surface area (Å²) in [6, 6.07) is 70.2. The third-order valence-corrected chi connectivity index (χ3v) is 31.3. The molecule has 2 fully saturated rings. The molecule has 7 aromatic heterocycles. The van der Waals surface area contributed by atoms with Gasteiger partial charge in [0, 0.05) is 69.5 Å². The van der Waals surface area contributed by atoms with Crippen molar-refractivity contribution in [1.29, 1.82) is 0 Å². The maximum absolute atomic E-state index is 8.48. The van der Waals surface area contributed by atoms with E-state index in [9.17, 15) is 0 Å². The molecule has 2 aliphatic rings. The van der Waals surface area contributed by atoms with E-state index < -0.39 is 7.12 Å². The molecule has 7 heterocycles. The number of hydrogen-bond donors (Lipinski definition) is 2. The van der Waals surface area contributed by atoms with Crippen molar-refractivity contribution in [2.24, 2.45) is 0 Å². The van der Waals surface area contributed by atoms with Gasteiger partial charge in [-0.25, -0.2) is 19.9 Å². The number of rotatable bonds is 17. The molecule has 0 aliphatic heterocycles. The Morgan fingerprint density at radius 1 is 0.339 bits per heavy atom. The first kappa shape index (κ1) is 96.8. The smallest absolute Gasteiger partial charge is 0.496 e. The largest absolute Gasteiger partial charge is 0.499 e. The molecule has 0 atom stereocenters. The van der Waals surface area contributed by atoms with Crippen LogP contribution in [0, 0.1) is 0 Å². The lowest BCUT2D eigenvalue weighted by molar-refractivity contribution is 0.397. The topological polar surface area (TPSA) is 147 Å². The molecule has 127 heavy (non-hydrogen) atoms. The van der Waals surface area contributed by atoms with Crippen molar-refractivity contribution in [1.82, 2.24) is 19.9 Å². The van der Waals surface area contributed by atoms with E-state index in [1.165, 1.54) is 113 Å². The minimum Gasteiger partial charge on any atom is -0.496 e. The van der Waals surface area contributed by atoms with E-state index in [2.05, 4.69) is 308 Å². The highest BCUT2D eigenvalue weighted by atomic mass is 79.9. The number of thiophene rings is 3. The molecule has 8 aromatic carbocycles. The van der Waals surface area contributed by atoms with Crippen LogP contribution in [0.25, 0.3) is 121 Å². The van der Waals surface area contributed by atoms with Crippen molar-refractivity contribution in [3.05, 3.63) is 248 Å². The number of fused-ring (bicyclic) bond motifs is 6. The highest BCUT2D eigenvalue weighted by molar-refractivity contribution is 9.11. The molecule has 0 unspecified atom stereocenters. The Labute approximate surface area is 783 Å². The van der Waals surface area contributed by atoms with Crippen molar-refractivity contribution >= 4 is 135 Å².